The van der Waals surface area contributed by atoms with Gasteiger partial charge >= 0.3 is 6.09 Å². The number of benzene rings is 2. The fraction of sp³-hybridized carbons (Fsp3) is 0.346. The zero-order valence-corrected chi connectivity index (χ0v) is 22.9. The molecule has 0 aliphatic rings. The van der Waals surface area contributed by atoms with Crippen molar-refractivity contribution < 1.29 is 19.1 Å². The van der Waals surface area contributed by atoms with E-state index >= 15 is 0 Å². The number of likely N-dealkylation sites (N-methyl/N-ethyl adjacent to an activating group) is 1. The van der Waals surface area contributed by atoms with Gasteiger partial charge in [-0.2, -0.15) is 0 Å². The summed E-state index contributed by atoms with van der Waals surface area (Å²) in [5, 5.41) is 3.12. The van der Waals surface area contributed by atoms with Gasteiger partial charge in [0.25, 0.3) is 5.91 Å². The van der Waals surface area contributed by atoms with Crippen LogP contribution in [0.25, 0.3) is 10.9 Å². The van der Waals surface area contributed by atoms with E-state index in [1.165, 1.54) is 25.8 Å². The zero-order chi connectivity index (χ0) is 27.4. The topological polar surface area (TPSA) is 118 Å². The van der Waals surface area contributed by atoms with E-state index in [0.717, 1.165) is 22.0 Å². The fourth-order valence-corrected chi connectivity index (χ4v) is 3.90. The predicted molar refractivity (Wildman–Crippen MR) is 146 cm³/mol. The number of rotatable bonds is 8. The van der Waals surface area contributed by atoms with Crippen LogP contribution in [0.5, 0.6) is 0 Å². The second kappa shape index (κ2) is 11.7. The first-order chi connectivity index (χ1) is 17.3. The molecule has 0 spiro atoms. The van der Waals surface area contributed by atoms with Gasteiger partial charge in [-0.1, -0.05) is 83.3 Å². The average molecular weight is 568 g/mol. The Morgan fingerprint density at radius 3 is 2.30 bits per heavy atom. The van der Waals surface area contributed by atoms with E-state index in [2.05, 4.69) is 10.3 Å². The van der Waals surface area contributed by atoms with Crippen LogP contribution in [0.2, 0.25) is 0 Å². The highest BCUT2D eigenvalue weighted by atomic mass is 35.6. The summed E-state index contributed by atoms with van der Waals surface area (Å²) in [5.74, 6) is -1.22. The maximum absolute atomic E-state index is 13.3. The first-order valence-electron chi connectivity index (χ1n) is 11.5. The Morgan fingerprint density at radius 2 is 1.65 bits per heavy atom. The molecule has 4 N–H and O–H groups in total. The summed E-state index contributed by atoms with van der Waals surface area (Å²) in [4.78, 5) is 43.4. The molecule has 1 unspecified atom stereocenters. The van der Waals surface area contributed by atoms with Gasteiger partial charge in [0.1, 0.15) is 6.04 Å². The Kier molecular flexibility index (Phi) is 9.13. The molecule has 3 amide bonds. The molecule has 11 heteroatoms. The van der Waals surface area contributed by atoms with Gasteiger partial charge in [0.05, 0.1) is 6.04 Å². The summed E-state index contributed by atoms with van der Waals surface area (Å²) in [6, 6.07) is 14.8. The molecular formula is C26H29Cl3N4O4. The van der Waals surface area contributed by atoms with E-state index in [4.69, 9.17) is 45.3 Å². The molecule has 0 bridgehead atoms. The minimum atomic E-state index is -1.93. The van der Waals surface area contributed by atoms with Gasteiger partial charge in [-0.15, -0.1) is 0 Å². The van der Waals surface area contributed by atoms with E-state index < -0.39 is 39.4 Å². The first-order valence-corrected chi connectivity index (χ1v) is 12.7. The van der Waals surface area contributed by atoms with Crippen LogP contribution in [0.4, 0.5) is 4.79 Å². The molecule has 1 heterocycles. The summed E-state index contributed by atoms with van der Waals surface area (Å²) in [7, 11) is 1.47. The van der Waals surface area contributed by atoms with Crippen molar-refractivity contribution >= 4 is 63.6 Å². The van der Waals surface area contributed by atoms with Crippen LogP contribution in [-0.2, 0) is 27.2 Å². The number of carbonyl (C=O) groups is 3. The van der Waals surface area contributed by atoms with Crippen molar-refractivity contribution in [2.24, 2.45) is 5.73 Å². The molecule has 3 rings (SSSR count). The number of alkyl halides is 3. The molecule has 0 radical (unpaired) electrons. The maximum Gasteiger partial charge on any atom is 0.414 e. The lowest BCUT2D eigenvalue weighted by atomic mass is 10.0. The van der Waals surface area contributed by atoms with Gasteiger partial charge in [-0.25, -0.2) is 4.79 Å². The average Bonchev–Trinajstić information content (AvgIpc) is 3.23. The van der Waals surface area contributed by atoms with Crippen LogP contribution >= 0.6 is 34.8 Å². The molecule has 0 aliphatic heterocycles. The number of halogens is 3. The van der Waals surface area contributed by atoms with E-state index in [1.54, 1.807) is 0 Å². The molecule has 0 aliphatic carbocycles. The minimum absolute atomic E-state index is 0.135. The van der Waals surface area contributed by atoms with Gasteiger partial charge in [-0.3, -0.25) is 14.9 Å². The molecular weight excluding hydrogens is 539 g/mol. The smallest absolute Gasteiger partial charge is 0.414 e. The number of nitrogens with zero attached hydrogens (tertiary/aromatic N) is 1. The largest absolute Gasteiger partial charge is 0.439 e. The van der Waals surface area contributed by atoms with E-state index in [-0.39, 0.29) is 12.8 Å². The number of ether oxygens (including phenoxy) is 1. The minimum Gasteiger partial charge on any atom is -0.439 e. The number of H-pyrrole nitrogens is 1. The summed E-state index contributed by atoms with van der Waals surface area (Å²) < 4.78 is 3.24. The quantitative estimate of drug-likeness (QED) is 0.346. The van der Waals surface area contributed by atoms with E-state index in [9.17, 15) is 14.4 Å². The second-order valence-electron chi connectivity index (χ2n) is 9.21. The number of amides is 3. The van der Waals surface area contributed by atoms with Gasteiger partial charge < -0.3 is 20.4 Å². The van der Waals surface area contributed by atoms with Gasteiger partial charge in [0.2, 0.25) is 9.70 Å². The van der Waals surface area contributed by atoms with Gasteiger partial charge in [0, 0.05) is 30.6 Å². The number of imide groups is 1. The Hall–Kier alpha value is -2.78. The van der Waals surface area contributed by atoms with E-state index in [0.29, 0.717) is 0 Å². The van der Waals surface area contributed by atoms with Crippen LogP contribution in [-0.4, -0.2) is 56.3 Å². The molecule has 1 aromatic heterocycles. The standard InChI is InChI=1S/C26H29Cl3N4O4/c1-25(2,26(27,28)29)37-24(36)32-22(34)21(13-16-9-5-4-6-10-16)33(3)23(35)19(30)14-17-15-31-20-12-8-7-11-18(17)20/h4-12,15,19,21,31H,13-14,30H2,1-3H3,(H,32,34,36)/t19-,21?/m0/s1. The third-order valence-electron chi connectivity index (χ3n) is 6.08. The van der Waals surface area contributed by atoms with Crippen LogP contribution in [0, 0.1) is 0 Å². The normalized spacial score (nSPS) is 13.6. The number of nitrogens with one attached hydrogen (secondary N) is 2. The molecule has 0 saturated carbocycles. The molecule has 2 aromatic carbocycles. The number of alkyl carbamates (subject to hydrolysis) is 1. The van der Waals surface area contributed by atoms with Crippen molar-refractivity contribution in [3.8, 4) is 0 Å². The van der Waals surface area contributed by atoms with Crippen molar-refractivity contribution in [1.82, 2.24) is 15.2 Å². The van der Waals surface area contributed by atoms with Crippen LogP contribution < -0.4 is 11.1 Å². The highest BCUT2D eigenvalue weighted by Crippen LogP contribution is 2.40. The summed E-state index contributed by atoms with van der Waals surface area (Å²) in [6.45, 7) is 2.79. The molecule has 37 heavy (non-hydrogen) atoms. The van der Waals surface area contributed by atoms with Gasteiger partial charge in [-0.05, 0) is 37.5 Å². The first kappa shape index (κ1) is 28.8. The number of fused-ring (bicyclic) bond motifs is 1. The number of hydrogen-bond donors (Lipinski definition) is 3. The van der Waals surface area contributed by atoms with Crippen molar-refractivity contribution in [3.05, 3.63) is 71.9 Å². The lowest BCUT2D eigenvalue weighted by Crippen LogP contribution is -2.55. The van der Waals surface area contributed by atoms with Crippen LogP contribution in [0.3, 0.4) is 0 Å². The number of nitrogens with two attached hydrogens (primary N) is 1. The predicted octanol–water partition coefficient (Wildman–Crippen LogP) is 4.51. The third-order valence-corrected chi connectivity index (χ3v) is 7.44. The monoisotopic (exact) mass is 566 g/mol. The SMILES string of the molecule is CN(C(=O)[C@@H](N)Cc1c[nH]c2ccccc12)C(Cc1ccccc1)C(=O)NC(=O)OC(C)(C)C(Cl)(Cl)Cl. The lowest BCUT2D eigenvalue weighted by Gasteiger charge is -2.32. The highest BCUT2D eigenvalue weighted by Gasteiger charge is 2.44. The third kappa shape index (κ3) is 7.17. The molecule has 0 saturated heterocycles. The molecule has 2 atom stereocenters. The van der Waals surface area contributed by atoms with Crippen molar-refractivity contribution in [1.29, 1.82) is 0 Å². The van der Waals surface area contributed by atoms with Crippen molar-refractivity contribution in [3.63, 3.8) is 0 Å². The summed E-state index contributed by atoms with van der Waals surface area (Å²) in [5.41, 5.74) is 7.36. The zero-order valence-electron chi connectivity index (χ0n) is 20.6. The Labute approximate surface area is 230 Å². The fourth-order valence-electron chi connectivity index (χ4n) is 3.78. The van der Waals surface area contributed by atoms with E-state index in [1.807, 2.05) is 60.8 Å². The number of aromatic nitrogens is 1. The Balaban J connectivity index is 1.77. The number of carbonyl (C=O) groups excluding carboxylic acids is 3. The molecule has 0 fully saturated rings. The lowest BCUT2D eigenvalue weighted by molar-refractivity contribution is -0.139. The van der Waals surface area contributed by atoms with Crippen LogP contribution in [0.15, 0.2) is 60.8 Å². The Bertz CT molecular complexity index is 1260. The van der Waals surface area contributed by atoms with Crippen molar-refractivity contribution in [2.45, 2.75) is 48.2 Å². The number of hydrogen-bond acceptors (Lipinski definition) is 5. The van der Waals surface area contributed by atoms with Gasteiger partial charge in [0.15, 0.2) is 5.60 Å². The molecule has 8 nitrogen and oxygen atoms in total. The maximum atomic E-state index is 13.3. The molecule has 198 valence electrons. The number of para-hydroxylation sites is 1. The number of aromatic amines is 1. The highest BCUT2D eigenvalue weighted by molar-refractivity contribution is 6.68. The summed E-state index contributed by atoms with van der Waals surface area (Å²) >= 11 is 17.6. The molecule has 3 aromatic rings. The Morgan fingerprint density at radius 1 is 1.03 bits per heavy atom. The summed E-state index contributed by atoms with van der Waals surface area (Å²) in [6.07, 6.45) is 1.10. The van der Waals surface area contributed by atoms with Crippen molar-refractivity contribution in [2.75, 3.05) is 7.05 Å². The second-order valence-corrected chi connectivity index (χ2v) is 11.5. The van der Waals surface area contributed by atoms with Crippen LogP contribution in [0.1, 0.15) is 25.0 Å².